The molecular formula is C30H33NO5. The van der Waals surface area contributed by atoms with Gasteiger partial charge in [-0.05, 0) is 73.6 Å². The Hall–Kier alpha value is -3.51. The maximum atomic E-state index is 12.7. The quantitative estimate of drug-likeness (QED) is 0.417. The van der Waals surface area contributed by atoms with Crippen LogP contribution in [0.15, 0.2) is 59.5 Å². The molecule has 2 aromatic carbocycles. The average molecular weight is 488 g/mol. The van der Waals surface area contributed by atoms with E-state index in [4.69, 9.17) is 18.9 Å². The van der Waals surface area contributed by atoms with Gasteiger partial charge in [-0.3, -0.25) is 4.79 Å². The fourth-order valence-corrected chi connectivity index (χ4v) is 5.08. The summed E-state index contributed by atoms with van der Waals surface area (Å²) < 4.78 is 25.2. The topological polar surface area (TPSA) is 58.9 Å². The first-order valence-corrected chi connectivity index (χ1v) is 12.5. The van der Waals surface area contributed by atoms with Gasteiger partial charge in [-0.25, -0.2) is 0 Å². The summed E-state index contributed by atoms with van der Waals surface area (Å²) in [5.41, 5.74) is 4.82. The Labute approximate surface area is 212 Å². The van der Waals surface area contributed by atoms with Gasteiger partial charge in [0.05, 0.1) is 19.3 Å². The lowest BCUT2D eigenvalue weighted by Gasteiger charge is -2.29. The Kier molecular flexibility index (Phi) is 7.14. The van der Waals surface area contributed by atoms with E-state index >= 15 is 0 Å². The third-order valence-corrected chi connectivity index (χ3v) is 7.18. The monoisotopic (exact) mass is 487 g/mol. The van der Waals surface area contributed by atoms with Gasteiger partial charge in [-0.2, -0.15) is 0 Å². The maximum absolute atomic E-state index is 12.7. The molecule has 1 heterocycles. The molecule has 6 nitrogen and oxygen atoms in total. The number of ether oxygens (including phenoxy) is 4. The fourth-order valence-electron chi connectivity index (χ4n) is 5.08. The number of pyridine rings is 1. The number of methoxy groups -OCH3 is 2. The summed E-state index contributed by atoms with van der Waals surface area (Å²) in [7, 11) is 5.24. The number of rotatable bonds is 8. The molecule has 1 saturated carbocycles. The highest BCUT2D eigenvalue weighted by Gasteiger charge is 2.25. The minimum absolute atomic E-state index is 0.0472. The minimum Gasteiger partial charge on any atom is -0.497 e. The van der Waals surface area contributed by atoms with E-state index in [1.54, 1.807) is 25.8 Å². The van der Waals surface area contributed by atoms with Crippen molar-refractivity contribution in [2.24, 2.45) is 7.05 Å². The summed E-state index contributed by atoms with van der Waals surface area (Å²) in [6.45, 7) is 0.440. The second kappa shape index (κ2) is 10.6. The number of nitrogens with zero attached hydrogens (tertiary/aromatic N) is 1. The van der Waals surface area contributed by atoms with Crippen LogP contribution in [-0.4, -0.2) is 31.0 Å². The molecule has 188 valence electrons. The smallest absolute Gasteiger partial charge is 0.254 e. The summed E-state index contributed by atoms with van der Waals surface area (Å²) in [6.07, 6.45) is 11.0. The lowest BCUT2D eigenvalue weighted by Crippen LogP contribution is -2.27. The molecule has 0 atom stereocenters. The predicted octanol–water partition coefficient (Wildman–Crippen LogP) is 5.55. The molecule has 6 heteroatoms. The van der Waals surface area contributed by atoms with Crippen molar-refractivity contribution in [2.75, 3.05) is 14.2 Å². The molecule has 2 aliphatic carbocycles. The number of aromatic nitrogens is 1. The zero-order valence-electron chi connectivity index (χ0n) is 21.2. The summed E-state index contributed by atoms with van der Waals surface area (Å²) >= 11 is 0. The maximum Gasteiger partial charge on any atom is 0.254 e. The normalized spacial score (nSPS) is 18.6. The van der Waals surface area contributed by atoms with Crippen molar-refractivity contribution in [2.45, 2.75) is 50.9 Å². The predicted molar refractivity (Wildman–Crippen MR) is 141 cm³/mol. The molecule has 0 spiro atoms. The molecule has 1 fully saturated rings. The molecule has 0 unspecified atom stereocenters. The molecule has 0 aliphatic heterocycles. The van der Waals surface area contributed by atoms with Crippen LogP contribution in [0.2, 0.25) is 0 Å². The molecule has 1 aromatic heterocycles. The highest BCUT2D eigenvalue weighted by molar-refractivity contribution is 5.82. The average Bonchev–Trinajstić information content (AvgIpc) is 3.41. The first-order chi connectivity index (χ1) is 17.6. The van der Waals surface area contributed by atoms with E-state index in [0.717, 1.165) is 70.7 Å². The van der Waals surface area contributed by atoms with Gasteiger partial charge < -0.3 is 23.5 Å². The second-order valence-electron chi connectivity index (χ2n) is 9.50. The largest absolute Gasteiger partial charge is 0.497 e. The van der Waals surface area contributed by atoms with Crippen molar-refractivity contribution >= 4 is 6.08 Å². The highest BCUT2D eigenvalue weighted by atomic mass is 16.5. The number of hydrogen-bond acceptors (Lipinski definition) is 5. The Morgan fingerprint density at radius 1 is 0.917 bits per heavy atom. The van der Waals surface area contributed by atoms with E-state index in [9.17, 15) is 4.79 Å². The Bertz CT molecular complexity index is 1300. The van der Waals surface area contributed by atoms with Crippen LogP contribution >= 0.6 is 0 Å². The van der Waals surface area contributed by atoms with E-state index in [1.165, 1.54) is 0 Å². The molecule has 0 N–H and O–H groups in total. The van der Waals surface area contributed by atoms with E-state index in [1.807, 2.05) is 60.8 Å². The lowest BCUT2D eigenvalue weighted by atomic mass is 9.94. The second-order valence-corrected chi connectivity index (χ2v) is 9.50. The molecule has 3 aromatic rings. The molecule has 0 radical (unpaired) electrons. The van der Waals surface area contributed by atoms with Crippen molar-refractivity contribution in [3.05, 3.63) is 81.8 Å². The van der Waals surface area contributed by atoms with Crippen LogP contribution in [0.25, 0.3) is 17.2 Å². The van der Waals surface area contributed by atoms with Crippen molar-refractivity contribution in [1.82, 2.24) is 4.57 Å². The number of fused-ring (bicyclic) bond motifs is 1. The van der Waals surface area contributed by atoms with Crippen LogP contribution in [0.1, 0.15) is 42.4 Å². The van der Waals surface area contributed by atoms with Crippen LogP contribution in [-0.2, 0) is 24.8 Å². The van der Waals surface area contributed by atoms with Gasteiger partial charge in [0.15, 0.2) is 0 Å². The van der Waals surface area contributed by atoms with Crippen molar-refractivity contribution in [1.29, 1.82) is 0 Å². The molecule has 0 bridgehead atoms. The zero-order chi connectivity index (χ0) is 25.1. The van der Waals surface area contributed by atoms with Gasteiger partial charge >= 0.3 is 0 Å². The van der Waals surface area contributed by atoms with Crippen LogP contribution in [0.4, 0.5) is 0 Å². The number of aryl methyl sites for hydroxylation is 1. The van der Waals surface area contributed by atoms with Gasteiger partial charge in [0, 0.05) is 37.0 Å². The van der Waals surface area contributed by atoms with Gasteiger partial charge in [0.1, 0.15) is 23.9 Å². The van der Waals surface area contributed by atoms with Crippen molar-refractivity contribution < 1.29 is 18.9 Å². The minimum atomic E-state index is 0.0472. The molecule has 0 amide bonds. The summed E-state index contributed by atoms with van der Waals surface area (Å²) in [4.78, 5) is 12.7. The molecular weight excluding hydrogens is 454 g/mol. The first-order valence-electron chi connectivity index (χ1n) is 12.5. The van der Waals surface area contributed by atoms with E-state index in [2.05, 4.69) is 0 Å². The molecule has 5 rings (SSSR count). The van der Waals surface area contributed by atoms with Crippen LogP contribution in [0.3, 0.4) is 0 Å². The Morgan fingerprint density at radius 2 is 1.64 bits per heavy atom. The van der Waals surface area contributed by atoms with Crippen LogP contribution in [0.5, 0.6) is 17.2 Å². The number of hydrogen-bond donors (Lipinski definition) is 0. The standard InChI is InChI=1S/C30H33NO5/c1-31-18-28(25-5-4-6-26(25)30(31)32)27-17-24(35-19-20-7-9-21(33-2)10-8-20)15-16-29(27)36-23-13-11-22(34-3)12-14-23/h4-5,7-10,15-18,22-23H,6,11-14,19H2,1-3H3. The fraction of sp³-hybridized carbons (Fsp3) is 0.367. The lowest BCUT2D eigenvalue weighted by molar-refractivity contribution is 0.0329. The third-order valence-electron chi connectivity index (χ3n) is 7.18. The SMILES string of the molecule is COc1ccc(COc2ccc(OC3CCC(OC)CC3)c(-c3cn(C)c(=O)c4c3C=CC4)c2)cc1. The molecule has 2 aliphatic rings. The van der Waals surface area contributed by atoms with Crippen LogP contribution in [0, 0.1) is 0 Å². The highest BCUT2D eigenvalue weighted by Crippen LogP contribution is 2.39. The molecule has 0 saturated heterocycles. The summed E-state index contributed by atoms with van der Waals surface area (Å²) in [5, 5.41) is 0. The van der Waals surface area contributed by atoms with E-state index < -0.39 is 0 Å². The van der Waals surface area contributed by atoms with Gasteiger partial charge in [0.2, 0.25) is 0 Å². The van der Waals surface area contributed by atoms with Crippen molar-refractivity contribution in [3.63, 3.8) is 0 Å². The Morgan fingerprint density at radius 3 is 2.36 bits per heavy atom. The zero-order valence-corrected chi connectivity index (χ0v) is 21.2. The number of benzene rings is 2. The van der Waals surface area contributed by atoms with Crippen molar-refractivity contribution in [3.8, 4) is 28.4 Å². The Balaban J connectivity index is 1.46. The summed E-state index contributed by atoms with van der Waals surface area (Å²) in [6, 6.07) is 13.8. The first kappa shape index (κ1) is 24.2. The van der Waals surface area contributed by atoms with E-state index in [-0.39, 0.29) is 11.7 Å². The summed E-state index contributed by atoms with van der Waals surface area (Å²) in [5.74, 6) is 2.38. The van der Waals surface area contributed by atoms with Gasteiger partial charge in [-0.1, -0.05) is 24.3 Å². The number of allylic oxidation sites excluding steroid dienone is 1. The van der Waals surface area contributed by atoms with Gasteiger partial charge in [0.25, 0.3) is 5.56 Å². The van der Waals surface area contributed by atoms with Crippen LogP contribution < -0.4 is 19.8 Å². The van der Waals surface area contributed by atoms with E-state index in [0.29, 0.717) is 19.1 Å². The third kappa shape index (κ3) is 5.05. The van der Waals surface area contributed by atoms with Gasteiger partial charge in [-0.15, -0.1) is 0 Å². The molecule has 36 heavy (non-hydrogen) atoms.